The zero-order valence-corrected chi connectivity index (χ0v) is 62.3. The van der Waals surface area contributed by atoms with E-state index in [2.05, 4.69) is 41.5 Å². The summed E-state index contributed by atoms with van der Waals surface area (Å²) in [5.74, 6) is -0.603. The maximum atomic E-state index is 13.1. The van der Waals surface area contributed by atoms with Crippen LogP contribution >= 0.6 is 15.6 Å². The lowest BCUT2D eigenvalue weighted by atomic mass is 9.99. The van der Waals surface area contributed by atoms with Crippen LogP contribution in [-0.4, -0.2) is 96.7 Å². The number of aliphatic hydroxyl groups excluding tert-OH is 1. The molecule has 0 radical (unpaired) electrons. The zero-order valence-electron chi connectivity index (χ0n) is 60.6. The molecule has 3 N–H and O–H groups in total. The highest BCUT2D eigenvalue weighted by Crippen LogP contribution is 2.45. The number of aliphatic hydroxyl groups is 1. The first-order valence-corrected chi connectivity index (χ1v) is 41.5. The average molecular weight is 1370 g/mol. The van der Waals surface area contributed by atoms with Crippen LogP contribution in [0, 0.1) is 11.8 Å². The number of esters is 4. The fourth-order valence-corrected chi connectivity index (χ4v) is 12.8. The highest BCUT2D eigenvalue weighted by molar-refractivity contribution is 7.47. The standard InChI is InChI=1S/C74H144O17P2/c1-7-10-12-14-16-18-20-22-24-26-28-32-40-46-52-58-73(78)90-69(62-84-71(76)56-50-44-38-31-27-25-23-21-19-17-15-13-11-8-2)64-88-92(80,81)86-60-68(75)61-87-93(82,83)89-65-70(91-74(79)59-53-47-41-33-29-30-36-42-48-54-66(4)5)63-85-72(77)57-51-45-39-35-34-37-43-49-55-67(6)9-3/h66-70,75H,7-65H2,1-6H3,(H,80,81)(H,82,83)/t67?,68-,69-,70-/m1/s1. The quantitative estimate of drug-likeness (QED) is 0.0222. The van der Waals surface area contributed by atoms with Gasteiger partial charge in [0.25, 0.3) is 0 Å². The molecule has 552 valence electrons. The first kappa shape index (κ1) is 91.1. The molecule has 17 nitrogen and oxygen atoms in total. The molecule has 93 heavy (non-hydrogen) atoms. The summed E-state index contributed by atoms with van der Waals surface area (Å²) >= 11 is 0. The molecule has 0 saturated heterocycles. The van der Waals surface area contributed by atoms with Crippen molar-refractivity contribution >= 4 is 39.5 Å². The molecule has 3 unspecified atom stereocenters. The summed E-state index contributed by atoms with van der Waals surface area (Å²) in [6.07, 6.45) is 52.5. The Morgan fingerprint density at radius 1 is 0.312 bits per heavy atom. The Kier molecular flexibility index (Phi) is 64.6. The third-order valence-electron chi connectivity index (χ3n) is 17.6. The van der Waals surface area contributed by atoms with Crippen LogP contribution in [0.5, 0.6) is 0 Å². The first-order chi connectivity index (χ1) is 44.9. The topological polar surface area (TPSA) is 237 Å². The van der Waals surface area contributed by atoms with Crippen LogP contribution in [0.4, 0.5) is 0 Å². The maximum Gasteiger partial charge on any atom is 0.472 e. The first-order valence-electron chi connectivity index (χ1n) is 38.5. The van der Waals surface area contributed by atoms with Crippen molar-refractivity contribution in [2.24, 2.45) is 11.8 Å². The largest absolute Gasteiger partial charge is 0.472 e. The van der Waals surface area contributed by atoms with Crippen LogP contribution in [-0.2, 0) is 65.4 Å². The van der Waals surface area contributed by atoms with Crippen LogP contribution < -0.4 is 0 Å². The van der Waals surface area contributed by atoms with Crippen LogP contribution in [0.1, 0.15) is 382 Å². The van der Waals surface area contributed by atoms with E-state index in [4.69, 9.17) is 37.0 Å². The molecule has 0 saturated carbocycles. The second-order valence-corrected chi connectivity index (χ2v) is 30.3. The number of ether oxygens (including phenoxy) is 4. The van der Waals surface area contributed by atoms with Gasteiger partial charge in [-0.1, -0.05) is 330 Å². The third kappa shape index (κ3) is 67.0. The van der Waals surface area contributed by atoms with E-state index in [-0.39, 0.29) is 25.7 Å². The van der Waals surface area contributed by atoms with Gasteiger partial charge in [-0.3, -0.25) is 37.3 Å². The van der Waals surface area contributed by atoms with Crippen molar-refractivity contribution in [3.05, 3.63) is 0 Å². The molecule has 0 spiro atoms. The van der Waals surface area contributed by atoms with E-state index in [1.54, 1.807) is 0 Å². The molecular weight excluding hydrogens is 1220 g/mol. The smallest absolute Gasteiger partial charge is 0.462 e. The van der Waals surface area contributed by atoms with E-state index in [0.717, 1.165) is 102 Å². The minimum absolute atomic E-state index is 0.105. The predicted molar refractivity (Wildman–Crippen MR) is 377 cm³/mol. The fourth-order valence-electron chi connectivity index (χ4n) is 11.3. The molecule has 0 aromatic heterocycles. The second-order valence-electron chi connectivity index (χ2n) is 27.4. The number of phosphoric acid groups is 2. The summed E-state index contributed by atoms with van der Waals surface area (Å²) < 4.78 is 68.5. The summed E-state index contributed by atoms with van der Waals surface area (Å²) in [6, 6.07) is 0. The van der Waals surface area contributed by atoms with E-state index in [1.807, 2.05) is 0 Å². The van der Waals surface area contributed by atoms with Gasteiger partial charge in [-0.25, -0.2) is 9.13 Å². The van der Waals surface area contributed by atoms with Gasteiger partial charge in [0.15, 0.2) is 12.2 Å². The second kappa shape index (κ2) is 66.0. The predicted octanol–water partition coefficient (Wildman–Crippen LogP) is 21.6. The number of rotatable bonds is 73. The molecule has 0 aromatic rings. The molecule has 0 heterocycles. The molecule has 19 heteroatoms. The summed E-state index contributed by atoms with van der Waals surface area (Å²) in [6.45, 7) is 9.57. The highest BCUT2D eigenvalue weighted by atomic mass is 31.2. The Bertz CT molecular complexity index is 1810. The number of phosphoric ester groups is 2. The van der Waals surface area contributed by atoms with Crippen molar-refractivity contribution in [2.75, 3.05) is 39.6 Å². The lowest BCUT2D eigenvalue weighted by molar-refractivity contribution is -0.161. The Labute approximate surface area is 568 Å². The van der Waals surface area contributed by atoms with E-state index in [9.17, 15) is 43.2 Å². The summed E-state index contributed by atoms with van der Waals surface area (Å²) in [7, 11) is -9.91. The SMILES string of the molecule is CCCCCCCCCCCCCCCCCC(=O)O[C@H](COC(=O)CCCCCCCCCCCCCCCC)COP(=O)(O)OC[C@@H](O)COP(=O)(O)OC[C@@H](COC(=O)CCCCCCCCCCC(C)CC)OC(=O)CCCCCCCCCCCC(C)C. The van der Waals surface area contributed by atoms with Gasteiger partial charge in [-0.2, -0.15) is 0 Å². The molecular formula is C74H144O17P2. The Hall–Kier alpha value is -1.94. The molecule has 6 atom stereocenters. The summed E-state index contributed by atoms with van der Waals surface area (Å²) in [5, 5.41) is 10.6. The molecule has 0 aliphatic carbocycles. The Morgan fingerprint density at radius 3 is 0.817 bits per heavy atom. The third-order valence-corrected chi connectivity index (χ3v) is 19.5. The van der Waals surface area contributed by atoms with Gasteiger partial charge in [-0.05, 0) is 37.5 Å². The van der Waals surface area contributed by atoms with Crippen molar-refractivity contribution in [1.29, 1.82) is 0 Å². The van der Waals surface area contributed by atoms with Crippen LogP contribution in [0.2, 0.25) is 0 Å². The number of hydrogen-bond acceptors (Lipinski definition) is 15. The van der Waals surface area contributed by atoms with Crippen molar-refractivity contribution in [3.63, 3.8) is 0 Å². The number of unbranched alkanes of at least 4 members (excludes halogenated alkanes) is 42. The Morgan fingerprint density at radius 2 is 0.548 bits per heavy atom. The minimum Gasteiger partial charge on any atom is -0.462 e. The van der Waals surface area contributed by atoms with Crippen LogP contribution in [0.3, 0.4) is 0 Å². The summed E-state index contributed by atoms with van der Waals surface area (Å²) in [5.41, 5.74) is 0. The minimum atomic E-state index is -4.95. The van der Waals surface area contributed by atoms with Gasteiger partial charge < -0.3 is 33.8 Å². The van der Waals surface area contributed by atoms with Crippen molar-refractivity contribution < 1.29 is 80.2 Å². The van der Waals surface area contributed by atoms with Gasteiger partial charge >= 0.3 is 39.5 Å². The molecule has 0 aliphatic rings. The molecule has 0 bridgehead atoms. The van der Waals surface area contributed by atoms with Crippen LogP contribution in [0.15, 0.2) is 0 Å². The molecule has 0 aromatic carbocycles. The van der Waals surface area contributed by atoms with Crippen molar-refractivity contribution in [2.45, 2.75) is 400 Å². The number of carbonyl (C=O) groups is 4. The monoisotopic (exact) mass is 1370 g/mol. The van der Waals surface area contributed by atoms with E-state index >= 15 is 0 Å². The van der Waals surface area contributed by atoms with E-state index < -0.39 is 97.5 Å². The molecule has 0 aliphatic heterocycles. The van der Waals surface area contributed by atoms with Gasteiger partial charge in [-0.15, -0.1) is 0 Å². The molecule has 0 amide bonds. The van der Waals surface area contributed by atoms with Gasteiger partial charge in [0, 0.05) is 25.7 Å². The maximum absolute atomic E-state index is 13.1. The van der Waals surface area contributed by atoms with E-state index in [1.165, 1.54) is 199 Å². The lowest BCUT2D eigenvalue weighted by Gasteiger charge is -2.21. The van der Waals surface area contributed by atoms with Gasteiger partial charge in [0.05, 0.1) is 26.4 Å². The zero-order chi connectivity index (χ0) is 68.6. The normalized spacial score (nSPS) is 14.3. The van der Waals surface area contributed by atoms with Gasteiger partial charge in [0.1, 0.15) is 19.3 Å². The number of carbonyl (C=O) groups excluding carboxylic acids is 4. The van der Waals surface area contributed by atoms with Gasteiger partial charge in [0.2, 0.25) is 0 Å². The Balaban J connectivity index is 5.27. The van der Waals surface area contributed by atoms with Crippen molar-refractivity contribution in [1.82, 2.24) is 0 Å². The lowest BCUT2D eigenvalue weighted by Crippen LogP contribution is -2.30. The van der Waals surface area contributed by atoms with Crippen LogP contribution in [0.25, 0.3) is 0 Å². The van der Waals surface area contributed by atoms with E-state index in [0.29, 0.717) is 25.7 Å². The summed E-state index contributed by atoms with van der Waals surface area (Å²) in [4.78, 5) is 72.8. The number of hydrogen-bond donors (Lipinski definition) is 3. The highest BCUT2D eigenvalue weighted by Gasteiger charge is 2.30. The van der Waals surface area contributed by atoms with Crippen molar-refractivity contribution in [3.8, 4) is 0 Å². The average Bonchev–Trinajstić information content (AvgIpc) is 3.05. The molecule has 0 fully saturated rings. The molecule has 0 rings (SSSR count). The fraction of sp³-hybridized carbons (Fsp3) is 0.946.